The number of nitrogens with zero attached hydrogens (tertiary/aromatic N) is 1. The Hall–Kier alpha value is -3.74. The number of nitrogens with one attached hydrogen (secondary N) is 2. The van der Waals surface area contributed by atoms with Gasteiger partial charge in [-0.3, -0.25) is 9.59 Å². The second-order valence-electron chi connectivity index (χ2n) is 6.01. The molecule has 2 aromatic carbocycles. The second kappa shape index (κ2) is 8.77. The van der Waals surface area contributed by atoms with Crippen LogP contribution in [-0.4, -0.2) is 16.8 Å². The van der Waals surface area contributed by atoms with Gasteiger partial charge in [0.25, 0.3) is 5.91 Å². The molecule has 0 atom stereocenters. The van der Waals surface area contributed by atoms with Crippen molar-refractivity contribution in [1.29, 1.82) is 0 Å². The van der Waals surface area contributed by atoms with Crippen molar-refractivity contribution in [3.8, 4) is 11.6 Å². The number of hydrogen-bond donors (Lipinski definition) is 2. The van der Waals surface area contributed by atoms with Crippen molar-refractivity contribution in [2.24, 2.45) is 0 Å². The van der Waals surface area contributed by atoms with Crippen LogP contribution < -0.4 is 15.4 Å². The molecule has 0 radical (unpaired) electrons. The normalized spacial score (nSPS) is 10.2. The highest BCUT2D eigenvalue weighted by atomic mass is 19.1. The summed E-state index contributed by atoms with van der Waals surface area (Å²) in [6.45, 7) is 1.69. The smallest absolute Gasteiger partial charge is 0.251 e. The van der Waals surface area contributed by atoms with E-state index in [0.29, 0.717) is 22.9 Å². The zero-order valence-corrected chi connectivity index (χ0v) is 15.1. The maximum atomic E-state index is 12.9. The lowest BCUT2D eigenvalue weighted by atomic mass is 10.2. The van der Waals surface area contributed by atoms with Crippen molar-refractivity contribution in [2.75, 3.05) is 5.32 Å². The summed E-state index contributed by atoms with van der Waals surface area (Å²) in [5.41, 5.74) is 1.79. The predicted octanol–water partition coefficient (Wildman–Crippen LogP) is 3.90. The molecule has 2 N–H and O–H groups in total. The number of halogens is 1. The van der Waals surface area contributed by atoms with Gasteiger partial charge in [0.1, 0.15) is 11.6 Å². The van der Waals surface area contributed by atoms with Crippen molar-refractivity contribution in [2.45, 2.75) is 13.5 Å². The molecule has 0 bridgehead atoms. The molecule has 0 unspecified atom stereocenters. The van der Waals surface area contributed by atoms with Crippen molar-refractivity contribution >= 4 is 17.5 Å². The number of pyridine rings is 1. The Bertz CT molecular complexity index is 973. The fourth-order valence-corrected chi connectivity index (χ4v) is 2.43. The van der Waals surface area contributed by atoms with E-state index in [1.807, 2.05) is 0 Å². The van der Waals surface area contributed by atoms with Crippen LogP contribution >= 0.6 is 0 Å². The van der Waals surface area contributed by atoms with Crippen LogP contribution in [0.15, 0.2) is 66.9 Å². The van der Waals surface area contributed by atoms with Crippen molar-refractivity contribution in [3.05, 3.63) is 83.8 Å². The molecule has 3 aromatic rings. The largest absolute Gasteiger partial charge is 0.439 e. The first-order valence-corrected chi connectivity index (χ1v) is 8.54. The van der Waals surface area contributed by atoms with Crippen LogP contribution in [0.5, 0.6) is 11.6 Å². The first kappa shape index (κ1) is 19.0. The first-order chi connectivity index (χ1) is 13.5. The number of anilines is 1. The maximum absolute atomic E-state index is 12.9. The average molecular weight is 379 g/mol. The third-order valence-electron chi connectivity index (χ3n) is 3.73. The summed E-state index contributed by atoms with van der Waals surface area (Å²) < 4.78 is 18.4. The zero-order chi connectivity index (χ0) is 19.9. The van der Waals surface area contributed by atoms with Gasteiger partial charge in [0.05, 0.1) is 0 Å². The van der Waals surface area contributed by atoms with E-state index in [2.05, 4.69) is 15.6 Å². The Morgan fingerprint density at radius 1 is 1.07 bits per heavy atom. The number of aromatic nitrogens is 1. The van der Waals surface area contributed by atoms with Crippen LogP contribution in [0.1, 0.15) is 22.8 Å². The first-order valence-electron chi connectivity index (χ1n) is 8.54. The maximum Gasteiger partial charge on any atom is 0.251 e. The third-order valence-corrected chi connectivity index (χ3v) is 3.73. The molecule has 0 aliphatic rings. The van der Waals surface area contributed by atoms with Gasteiger partial charge >= 0.3 is 0 Å². The van der Waals surface area contributed by atoms with E-state index in [4.69, 9.17) is 4.74 Å². The molecule has 0 aliphatic heterocycles. The Morgan fingerprint density at radius 2 is 1.86 bits per heavy atom. The summed E-state index contributed by atoms with van der Waals surface area (Å²) >= 11 is 0. The molecule has 1 heterocycles. The molecule has 142 valence electrons. The topological polar surface area (TPSA) is 80.3 Å². The Morgan fingerprint density at radius 3 is 2.54 bits per heavy atom. The molecule has 28 heavy (non-hydrogen) atoms. The van der Waals surface area contributed by atoms with Gasteiger partial charge in [0.2, 0.25) is 11.8 Å². The summed E-state index contributed by atoms with van der Waals surface area (Å²) in [6.07, 6.45) is 1.59. The molecule has 1 aromatic heterocycles. The van der Waals surface area contributed by atoms with Gasteiger partial charge in [-0.25, -0.2) is 9.37 Å². The molecule has 0 spiro atoms. The lowest BCUT2D eigenvalue weighted by molar-refractivity contribution is -0.114. The van der Waals surface area contributed by atoms with E-state index in [1.165, 1.54) is 31.2 Å². The molecule has 0 saturated heterocycles. The van der Waals surface area contributed by atoms with Gasteiger partial charge in [-0.15, -0.1) is 0 Å². The monoisotopic (exact) mass is 379 g/mol. The molecule has 7 heteroatoms. The Balaban J connectivity index is 1.56. The number of carbonyl (C=O) groups is 2. The minimum Gasteiger partial charge on any atom is -0.439 e. The Kier molecular flexibility index (Phi) is 5.96. The van der Waals surface area contributed by atoms with E-state index in [1.54, 1.807) is 42.6 Å². The number of amides is 2. The summed E-state index contributed by atoms with van der Waals surface area (Å²) in [4.78, 5) is 27.6. The van der Waals surface area contributed by atoms with Gasteiger partial charge in [0, 0.05) is 37.0 Å². The number of rotatable bonds is 6. The quantitative estimate of drug-likeness (QED) is 0.681. The van der Waals surface area contributed by atoms with Gasteiger partial charge in [0.15, 0.2) is 0 Å². The van der Waals surface area contributed by atoms with E-state index in [-0.39, 0.29) is 24.2 Å². The van der Waals surface area contributed by atoms with Crippen LogP contribution in [0, 0.1) is 5.82 Å². The van der Waals surface area contributed by atoms with Crippen molar-refractivity contribution < 1.29 is 18.7 Å². The van der Waals surface area contributed by atoms with E-state index in [9.17, 15) is 14.0 Å². The molecular weight excluding hydrogens is 361 g/mol. The highest BCUT2D eigenvalue weighted by Crippen LogP contribution is 2.19. The summed E-state index contributed by atoms with van der Waals surface area (Å²) in [7, 11) is 0. The lowest BCUT2D eigenvalue weighted by Crippen LogP contribution is -2.23. The lowest BCUT2D eigenvalue weighted by Gasteiger charge is -2.08. The van der Waals surface area contributed by atoms with Crippen molar-refractivity contribution in [3.63, 3.8) is 0 Å². The second-order valence-corrected chi connectivity index (χ2v) is 6.01. The summed E-state index contributed by atoms with van der Waals surface area (Å²) in [5.74, 6) is 0.0399. The highest BCUT2D eigenvalue weighted by molar-refractivity contribution is 5.96. The fourth-order valence-electron chi connectivity index (χ4n) is 2.43. The molecule has 0 aliphatic carbocycles. The van der Waals surface area contributed by atoms with Crippen LogP contribution in [0.3, 0.4) is 0 Å². The van der Waals surface area contributed by atoms with Gasteiger partial charge in [-0.05, 0) is 48.0 Å². The van der Waals surface area contributed by atoms with Crippen LogP contribution in [0.2, 0.25) is 0 Å². The van der Waals surface area contributed by atoms with E-state index < -0.39 is 0 Å². The number of hydrogen-bond acceptors (Lipinski definition) is 4. The standard InChI is InChI=1S/C21H18FN3O3/c1-14(26)25-18-4-2-3-16(11-18)21(27)24-13-15-5-10-20(23-12-15)28-19-8-6-17(22)7-9-19/h2-12H,13H2,1H3,(H,24,27)(H,25,26). The minimum absolute atomic E-state index is 0.202. The minimum atomic E-state index is -0.339. The SMILES string of the molecule is CC(=O)Nc1cccc(C(=O)NCc2ccc(Oc3ccc(F)cc3)nc2)c1. The van der Waals surface area contributed by atoms with Gasteiger partial charge in [-0.2, -0.15) is 0 Å². The highest BCUT2D eigenvalue weighted by Gasteiger charge is 2.07. The van der Waals surface area contributed by atoms with E-state index >= 15 is 0 Å². The molecule has 6 nitrogen and oxygen atoms in total. The molecule has 0 fully saturated rings. The van der Waals surface area contributed by atoms with E-state index in [0.717, 1.165) is 5.56 Å². The summed E-state index contributed by atoms with van der Waals surface area (Å²) in [6, 6.07) is 15.8. The van der Waals surface area contributed by atoms with Crippen LogP contribution in [0.25, 0.3) is 0 Å². The molecular formula is C21H18FN3O3. The van der Waals surface area contributed by atoms with Crippen LogP contribution in [0.4, 0.5) is 10.1 Å². The predicted molar refractivity (Wildman–Crippen MR) is 103 cm³/mol. The van der Waals surface area contributed by atoms with Gasteiger partial charge < -0.3 is 15.4 Å². The third kappa shape index (κ3) is 5.38. The van der Waals surface area contributed by atoms with Crippen molar-refractivity contribution in [1.82, 2.24) is 10.3 Å². The summed E-state index contributed by atoms with van der Waals surface area (Å²) in [5, 5.41) is 5.44. The van der Waals surface area contributed by atoms with Crippen LogP contribution in [-0.2, 0) is 11.3 Å². The molecule has 0 saturated carbocycles. The number of ether oxygens (including phenoxy) is 1. The zero-order valence-electron chi connectivity index (χ0n) is 15.1. The van der Waals surface area contributed by atoms with Gasteiger partial charge in [-0.1, -0.05) is 12.1 Å². The fraction of sp³-hybridized carbons (Fsp3) is 0.0952. The number of carbonyl (C=O) groups excluding carboxylic acids is 2. The Labute approximate surface area is 161 Å². The molecule has 3 rings (SSSR count). The average Bonchev–Trinajstić information content (AvgIpc) is 2.69. The molecule has 2 amide bonds. The number of benzene rings is 2.